The number of sulfonamides is 1. The molecule has 56 heavy (non-hydrogen) atoms. The summed E-state index contributed by atoms with van der Waals surface area (Å²) < 4.78 is 34.4. The molecule has 16 heteroatoms. The van der Waals surface area contributed by atoms with Crippen LogP contribution in [0.25, 0.3) is 11.1 Å². The Labute approximate surface area is 332 Å². The minimum absolute atomic E-state index is 0.0247. The molecular formula is C40H50N6O8S2. The number of carbonyl (C=O) groups is 2. The zero-order valence-electron chi connectivity index (χ0n) is 32.1. The van der Waals surface area contributed by atoms with Gasteiger partial charge in [-0.25, -0.2) is 17.9 Å². The number of thioether (sulfide) groups is 1. The molecule has 0 aliphatic heterocycles. The number of nitrogens with zero attached hydrogens (tertiary/aromatic N) is 3. The van der Waals surface area contributed by atoms with E-state index in [9.17, 15) is 28.1 Å². The van der Waals surface area contributed by atoms with Crippen LogP contribution < -0.4 is 20.1 Å². The van der Waals surface area contributed by atoms with Crippen LogP contribution in [-0.4, -0.2) is 106 Å². The van der Waals surface area contributed by atoms with E-state index in [1.807, 2.05) is 47.2 Å². The molecule has 4 rings (SSSR count). The van der Waals surface area contributed by atoms with Gasteiger partial charge in [-0.3, -0.25) is 14.9 Å². The third kappa shape index (κ3) is 13.5. The molecule has 0 aromatic heterocycles. The van der Waals surface area contributed by atoms with E-state index >= 15 is 0 Å². The standard InChI is InChI=1S/C40H50N6O8S2/c1-44(2)24-25-45(3)23-21-29-13-15-30(16-14-29)35-19-17-31(26-38(35)54-4)39(47)43-56(52,53)34-18-20-36(37(27-34)46(50)51)42-32(10-8-9-22-41-40(48)49)28-55-33-11-6-5-7-12-33/h5-7,11-20,26-27,32,41-42H,8-10,21-25,28H2,1-4H3,(H,43,47)(H,48,49)/t32-/m1/s1. The fraction of sp³-hybridized carbons (Fsp3) is 0.350. The Kier molecular flexibility index (Phi) is 16.5. The van der Waals surface area contributed by atoms with E-state index in [0.29, 0.717) is 30.8 Å². The van der Waals surface area contributed by atoms with E-state index in [2.05, 4.69) is 53.7 Å². The molecule has 0 radical (unpaired) electrons. The quantitative estimate of drug-likeness (QED) is 0.0296. The number of nitro groups is 1. The first kappa shape index (κ1) is 43.6. The van der Waals surface area contributed by atoms with Crippen LogP contribution in [-0.2, 0) is 16.4 Å². The van der Waals surface area contributed by atoms with Crippen LogP contribution in [0, 0.1) is 10.1 Å². The molecule has 2 amide bonds. The van der Waals surface area contributed by atoms with Crippen LogP contribution in [0.15, 0.2) is 101 Å². The number of anilines is 1. The van der Waals surface area contributed by atoms with Crippen molar-refractivity contribution < 1.29 is 32.8 Å². The van der Waals surface area contributed by atoms with Gasteiger partial charge in [-0.15, -0.1) is 11.8 Å². The summed E-state index contributed by atoms with van der Waals surface area (Å²) in [5.74, 6) is -0.0220. The van der Waals surface area contributed by atoms with Crippen molar-refractivity contribution in [2.24, 2.45) is 0 Å². The maximum atomic E-state index is 13.4. The third-order valence-electron chi connectivity index (χ3n) is 8.95. The second-order valence-corrected chi connectivity index (χ2v) is 16.3. The first-order chi connectivity index (χ1) is 26.7. The molecule has 4 N–H and O–H groups in total. The van der Waals surface area contributed by atoms with E-state index < -0.39 is 37.5 Å². The Morgan fingerprint density at radius 3 is 2.32 bits per heavy atom. The molecule has 0 aliphatic rings. The average Bonchev–Trinajstić information content (AvgIpc) is 3.18. The molecule has 0 saturated carbocycles. The van der Waals surface area contributed by atoms with Gasteiger partial charge in [0.15, 0.2) is 0 Å². The van der Waals surface area contributed by atoms with Crippen molar-refractivity contribution in [2.45, 2.75) is 41.5 Å². The molecule has 0 spiro atoms. The first-order valence-corrected chi connectivity index (χ1v) is 20.6. The maximum absolute atomic E-state index is 13.4. The molecule has 0 heterocycles. The second kappa shape index (κ2) is 21.2. The van der Waals surface area contributed by atoms with Gasteiger partial charge in [-0.05, 0) is 100 Å². The van der Waals surface area contributed by atoms with Crippen LogP contribution in [0.3, 0.4) is 0 Å². The molecule has 4 aromatic carbocycles. The predicted octanol–water partition coefficient (Wildman–Crippen LogP) is 6.44. The Morgan fingerprint density at radius 1 is 0.929 bits per heavy atom. The van der Waals surface area contributed by atoms with Crippen molar-refractivity contribution in [2.75, 3.05) is 65.5 Å². The Hall–Kier alpha value is -5.16. The second-order valence-electron chi connectivity index (χ2n) is 13.5. The molecule has 0 unspecified atom stereocenters. The summed E-state index contributed by atoms with van der Waals surface area (Å²) in [5.41, 5.74) is 2.43. The number of nitrogens with one attached hydrogen (secondary N) is 3. The number of amides is 2. The number of hydrogen-bond donors (Lipinski definition) is 4. The lowest BCUT2D eigenvalue weighted by Gasteiger charge is -2.20. The molecular weight excluding hydrogens is 757 g/mol. The van der Waals surface area contributed by atoms with E-state index in [1.165, 1.54) is 36.9 Å². The monoisotopic (exact) mass is 806 g/mol. The van der Waals surface area contributed by atoms with Crippen LogP contribution in [0.5, 0.6) is 5.75 Å². The summed E-state index contributed by atoms with van der Waals surface area (Å²) in [6, 6.07) is 25.5. The highest BCUT2D eigenvalue weighted by atomic mass is 32.2. The van der Waals surface area contributed by atoms with E-state index in [4.69, 9.17) is 9.84 Å². The molecule has 4 aromatic rings. The van der Waals surface area contributed by atoms with Crippen molar-refractivity contribution in [1.29, 1.82) is 0 Å². The zero-order chi connectivity index (χ0) is 40.7. The van der Waals surface area contributed by atoms with Crippen molar-refractivity contribution >= 4 is 45.2 Å². The highest BCUT2D eigenvalue weighted by Gasteiger charge is 2.25. The molecule has 1 atom stereocenters. The fourth-order valence-corrected chi connectivity index (χ4v) is 7.74. The van der Waals surface area contributed by atoms with Gasteiger partial charge in [-0.2, -0.15) is 0 Å². The van der Waals surface area contributed by atoms with Crippen molar-refractivity contribution in [3.63, 3.8) is 0 Å². The number of carbonyl (C=O) groups excluding carboxylic acids is 1. The van der Waals surface area contributed by atoms with Gasteiger partial charge >= 0.3 is 6.09 Å². The Morgan fingerprint density at radius 2 is 1.66 bits per heavy atom. The summed E-state index contributed by atoms with van der Waals surface area (Å²) in [6.07, 6.45) is 1.55. The Balaban J connectivity index is 1.45. The van der Waals surface area contributed by atoms with Gasteiger partial charge in [0, 0.05) is 60.1 Å². The SMILES string of the molecule is COc1cc(C(=O)NS(=O)(=O)c2ccc(N[C@H](CCCCNC(=O)O)CSc3ccccc3)c([N+](=O)[O-])c2)ccc1-c1ccc(CCN(C)CCN(C)C)cc1. The van der Waals surface area contributed by atoms with Crippen molar-refractivity contribution in [1.82, 2.24) is 19.8 Å². The van der Waals surface area contributed by atoms with Gasteiger partial charge in [-0.1, -0.05) is 42.5 Å². The largest absolute Gasteiger partial charge is 0.496 e. The molecule has 300 valence electrons. The lowest BCUT2D eigenvalue weighted by molar-refractivity contribution is -0.384. The smallest absolute Gasteiger partial charge is 0.404 e. The highest BCUT2D eigenvalue weighted by Crippen LogP contribution is 2.33. The van der Waals surface area contributed by atoms with Crippen LogP contribution in [0.1, 0.15) is 35.2 Å². The molecule has 0 fully saturated rings. The summed E-state index contributed by atoms with van der Waals surface area (Å²) in [7, 11) is 3.15. The number of hydrogen-bond acceptors (Lipinski definition) is 11. The minimum atomic E-state index is -4.53. The number of nitro benzene ring substituents is 1. The van der Waals surface area contributed by atoms with E-state index in [0.717, 1.165) is 48.1 Å². The normalized spacial score (nSPS) is 12.0. The number of ether oxygens (including phenoxy) is 1. The average molecular weight is 807 g/mol. The van der Waals surface area contributed by atoms with Crippen LogP contribution >= 0.6 is 11.8 Å². The number of carboxylic acid groups (broad SMARTS) is 1. The van der Waals surface area contributed by atoms with Gasteiger partial charge in [0.05, 0.1) is 16.9 Å². The topological polar surface area (TPSA) is 183 Å². The van der Waals surface area contributed by atoms with Gasteiger partial charge in [0.1, 0.15) is 11.4 Å². The number of rotatable bonds is 22. The first-order valence-electron chi connectivity index (χ1n) is 18.1. The van der Waals surface area contributed by atoms with Gasteiger partial charge < -0.3 is 30.3 Å². The minimum Gasteiger partial charge on any atom is -0.496 e. The maximum Gasteiger partial charge on any atom is 0.404 e. The highest BCUT2D eigenvalue weighted by molar-refractivity contribution is 7.99. The van der Waals surface area contributed by atoms with Crippen LogP contribution in [0.4, 0.5) is 16.2 Å². The van der Waals surface area contributed by atoms with Gasteiger partial charge in [0.2, 0.25) is 0 Å². The summed E-state index contributed by atoms with van der Waals surface area (Å²) in [5, 5.41) is 26.6. The van der Waals surface area contributed by atoms with Gasteiger partial charge in [0.25, 0.3) is 21.6 Å². The van der Waals surface area contributed by atoms with E-state index in [1.54, 1.807) is 17.8 Å². The van der Waals surface area contributed by atoms with Crippen molar-refractivity contribution in [3.05, 3.63) is 112 Å². The lowest BCUT2D eigenvalue weighted by Crippen LogP contribution is -2.30. The Bertz CT molecular complexity index is 2030. The molecule has 14 nitrogen and oxygen atoms in total. The summed E-state index contributed by atoms with van der Waals surface area (Å²) >= 11 is 1.55. The number of likely N-dealkylation sites (N-methyl/N-ethyl adjacent to an activating group) is 2. The zero-order valence-corrected chi connectivity index (χ0v) is 33.7. The molecule has 0 bridgehead atoms. The van der Waals surface area contributed by atoms with Crippen LogP contribution in [0.2, 0.25) is 0 Å². The number of benzene rings is 4. The van der Waals surface area contributed by atoms with E-state index in [-0.39, 0.29) is 23.8 Å². The lowest BCUT2D eigenvalue weighted by atomic mass is 10.00. The van der Waals surface area contributed by atoms with Crippen molar-refractivity contribution in [3.8, 4) is 16.9 Å². The fourth-order valence-electron chi connectivity index (χ4n) is 5.76. The predicted molar refractivity (Wildman–Crippen MR) is 220 cm³/mol. The summed E-state index contributed by atoms with van der Waals surface area (Å²) in [4.78, 5) is 40.6. The molecule has 0 aliphatic carbocycles. The molecule has 0 saturated heterocycles. The summed E-state index contributed by atoms with van der Waals surface area (Å²) in [6.45, 7) is 3.15. The number of methoxy groups -OCH3 is 1. The third-order valence-corrected chi connectivity index (χ3v) is 11.5. The number of unbranched alkanes of at least 4 members (excludes halogenated alkanes) is 1.